The Kier molecular flexibility index (Phi) is 5.86. The SMILES string of the molecule is O=C(NCCc1cn2ccccc2n1)C1CCN(S(=O)(=O)c2ccc3ccccc3c2)CC1. The molecule has 4 aromatic rings. The highest BCUT2D eigenvalue weighted by molar-refractivity contribution is 7.89. The lowest BCUT2D eigenvalue weighted by molar-refractivity contribution is -0.126. The van der Waals surface area contributed by atoms with Crippen LogP contribution in [0.5, 0.6) is 0 Å². The van der Waals surface area contributed by atoms with E-state index in [0.717, 1.165) is 22.1 Å². The lowest BCUT2D eigenvalue weighted by Gasteiger charge is -2.30. The number of aromatic nitrogens is 2. The van der Waals surface area contributed by atoms with E-state index >= 15 is 0 Å². The van der Waals surface area contributed by atoms with Gasteiger partial charge in [-0.2, -0.15) is 4.31 Å². The third-order valence-electron chi connectivity index (χ3n) is 6.28. The summed E-state index contributed by atoms with van der Waals surface area (Å²) in [6.45, 7) is 1.21. The van der Waals surface area contributed by atoms with E-state index in [1.165, 1.54) is 4.31 Å². The van der Waals surface area contributed by atoms with Crippen LogP contribution in [0, 0.1) is 5.92 Å². The van der Waals surface area contributed by atoms with Crippen LogP contribution in [0.2, 0.25) is 0 Å². The van der Waals surface area contributed by atoms with Crippen LogP contribution in [-0.2, 0) is 21.2 Å². The summed E-state index contributed by atoms with van der Waals surface area (Å²) in [6.07, 6.45) is 5.62. The molecular weight excluding hydrogens is 436 g/mol. The molecule has 0 bridgehead atoms. The van der Waals surface area contributed by atoms with Gasteiger partial charge in [-0.3, -0.25) is 4.79 Å². The molecule has 1 aliphatic rings. The first-order valence-electron chi connectivity index (χ1n) is 11.2. The van der Waals surface area contributed by atoms with Gasteiger partial charge >= 0.3 is 0 Å². The van der Waals surface area contributed by atoms with Gasteiger partial charge < -0.3 is 9.72 Å². The van der Waals surface area contributed by atoms with Crippen molar-refractivity contribution in [1.82, 2.24) is 19.0 Å². The monoisotopic (exact) mass is 462 g/mol. The predicted molar refractivity (Wildman–Crippen MR) is 127 cm³/mol. The van der Waals surface area contributed by atoms with E-state index in [-0.39, 0.29) is 11.8 Å². The second kappa shape index (κ2) is 8.96. The molecule has 1 aliphatic heterocycles. The van der Waals surface area contributed by atoms with E-state index in [1.54, 1.807) is 12.1 Å². The number of hydrogen-bond donors (Lipinski definition) is 1. The zero-order chi connectivity index (χ0) is 22.8. The average molecular weight is 463 g/mol. The second-order valence-corrected chi connectivity index (χ2v) is 10.4. The zero-order valence-electron chi connectivity index (χ0n) is 18.2. The number of amides is 1. The van der Waals surface area contributed by atoms with Crippen LogP contribution in [0.4, 0.5) is 0 Å². The number of imidazole rings is 1. The molecule has 0 unspecified atom stereocenters. The molecule has 0 radical (unpaired) electrons. The highest BCUT2D eigenvalue weighted by atomic mass is 32.2. The molecule has 170 valence electrons. The number of hydrogen-bond acceptors (Lipinski definition) is 4. The maximum absolute atomic E-state index is 13.1. The summed E-state index contributed by atoms with van der Waals surface area (Å²) in [5.41, 5.74) is 1.82. The number of pyridine rings is 1. The van der Waals surface area contributed by atoms with E-state index in [4.69, 9.17) is 0 Å². The first-order valence-corrected chi connectivity index (χ1v) is 12.6. The van der Waals surface area contributed by atoms with Crippen molar-refractivity contribution in [3.8, 4) is 0 Å². The fourth-order valence-electron chi connectivity index (χ4n) is 4.40. The van der Waals surface area contributed by atoms with Crippen LogP contribution in [0.3, 0.4) is 0 Å². The summed E-state index contributed by atoms with van der Waals surface area (Å²) in [7, 11) is -3.58. The number of nitrogens with zero attached hydrogens (tertiary/aromatic N) is 3. The van der Waals surface area contributed by atoms with Gasteiger partial charge in [-0.25, -0.2) is 13.4 Å². The van der Waals surface area contributed by atoms with Crippen molar-refractivity contribution in [2.24, 2.45) is 5.92 Å². The van der Waals surface area contributed by atoms with E-state index < -0.39 is 10.0 Å². The Bertz CT molecular complexity index is 1370. The van der Waals surface area contributed by atoms with Crippen LogP contribution in [0.25, 0.3) is 16.4 Å². The molecule has 33 heavy (non-hydrogen) atoms. The third-order valence-corrected chi connectivity index (χ3v) is 8.17. The topological polar surface area (TPSA) is 83.8 Å². The number of nitrogens with one attached hydrogen (secondary N) is 1. The molecule has 8 heteroatoms. The summed E-state index contributed by atoms with van der Waals surface area (Å²) < 4.78 is 29.7. The molecule has 0 spiro atoms. The van der Waals surface area contributed by atoms with Gasteiger partial charge in [0.1, 0.15) is 5.65 Å². The average Bonchev–Trinajstić information content (AvgIpc) is 3.26. The van der Waals surface area contributed by atoms with Gasteiger partial charge in [0.15, 0.2) is 0 Å². The number of rotatable bonds is 6. The largest absolute Gasteiger partial charge is 0.355 e. The fourth-order valence-corrected chi connectivity index (χ4v) is 5.91. The molecule has 1 N–H and O–H groups in total. The minimum atomic E-state index is -3.58. The summed E-state index contributed by atoms with van der Waals surface area (Å²) in [5, 5.41) is 4.91. The number of sulfonamides is 1. The van der Waals surface area contributed by atoms with Crippen LogP contribution in [0.15, 0.2) is 78.0 Å². The van der Waals surface area contributed by atoms with Gasteiger partial charge in [0.25, 0.3) is 0 Å². The van der Waals surface area contributed by atoms with Gasteiger partial charge in [0.05, 0.1) is 10.6 Å². The molecule has 7 nitrogen and oxygen atoms in total. The van der Waals surface area contributed by atoms with Gasteiger partial charge in [-0.15, -0.1) is 0 Å². The number of carbonyl (C=O) groups excluding carboxylic acids is 1. The number of carbonyl (C=O) groups is 1. The van der Waals surface area contributed by atoms with Crippen molar-refractivity contribution in [2.75, 3.05) is 19.6 Å². The maximum atomic E-state index is 13.1. The molecular formula is C25H26N4O3S. The van der Waals surface area contributed by atoms with Gasteiger partial charge in [-0.05, 0) is 47.9 Å². The van der Waals surface area contributed by atoms with Crippen molar-refractivity contribution in [3.05, 3.63) is 78.8 Å². The fraction of sp³-hybridized carbons (Fsp3) is 0.280. The summed E-state index contributed by atoms with van der Waals surface area (Å²) in [4.78, 5) is 17.5. The Hall–Kier alpha value is -3.23. The molecule has 0 saturated carbocycles. The molecule has 2 aromatic heterocycles. The van der Waals surface area contributed by atoms with Crippen LogP contribution >= 0.6 is 0 Å². The second-order valence-electron chi connectivity index (χ2n) is 8.43. The number of piperidine rings is 1. The Labute approximate surface area is 193 Å². The highest BCUT2D eigenvalue weighted by Crippen LogP contribution is 2.26. The Morgan fingerprint density at radius 3 is 2.55 bits per heavy atom. The molecule has 1 saturated heterocycles. The molecule has 1 amide bonds. The minimum absolute atomic E-state index is 0.0125. The first-order chi connectivity index (χ1) is 16.0. The van der Waals surface area contributed by atoms with Crippen LogP contribution in [0.1, 0.15) is 18.5 Å². The van der Waals surface area contributed by atoms with Crippen LogP contribution < -0.4 is 5.32 Å². The van der Waals surface area contributed by atoms with E-state index in [1.807, 2.05) is 65.3 Å². The van der Waals surface area contributed by atoms with Crippen molar-refractivity contribution < 1.29 is 13.2 Å². The number of fused-ring (bicyclic) bond motifs is 2. The van der Waals surface area contributed by atoms with E-state index in [0.29, 0.717) is 43.8 Å². The quantitative estimate of drug-likeness (QED) is 0.477. The van der Waals surface area contributed by atoms with Crippen molar-refractivity contribution in [1.29, 1.82) is 0 Å². The van der Waals surface area contributed by atoms with Crippen molar-refractivity contribution >= 4 is 32.4 Å². The van der Waals surface area contributed by atoms with E-state index in [9.17, 15) is 13.2 Å². The Balaban J connectivity index is 1.15. The number of benzene rings is 2. The smallest absolute Gasteiger partial charge is 0.243 e. The third kappa shape index (κ3) is 4.49. The van der Waals surface area contributed by atoms with E-state index in [2.05, 4.69) is 10.3 Å². The Morgan fingerprint density at radius 1 is 1.00 bits per heavy atom. The molecule has 5 rings (SSSR count). The van der Waals surface area contributed by atoms with Gasteiger partial charge in [0, 0.05) is 44.4 Å². The summed E-state index contributed by atoms with van der Waals surface area (Å²) in [5.74, 6) is -0.185. The van der Waals surface area contributed by atoms with Crippen molar-refractivity contribution in [2.45, 2.75) is 24.2 Å². The normalized spacial score (nSPS) is 15.8. The molecule has 0 atom stereocenters. The van der Waals surface area contributed by atoms with Gasteiger partial charge in [-0.1, -0.05) is 36.4 Å². The summed E-state index contributed by atoms with van der Waals surface area (Å²) in [6, 6.07) is 18.8. The van der Waals surface area contributed by atoms with Crippen LogP contribution in [-0.4, -0.2) is 47.6 Å². The molecule has 3 heterocycles. The summed E-state index contributed by atoms with van der Waals surface area (Å²) >= 11 is 0. The standard InChI is InChI=1S/C25H26N4O3S/c30-25(26-13-10-22-18-28-14-4-3-7-24(28)27-22)20-11-15-29(16-12-20)33(31,32)23-9-8-19-5-1-2-6-21(19)17-23/h1-9,14,17-18,20H,10-13,15-16H2,(H,26,30). The zero-order valence-corrected chi connectivity index (χ0v) is 19.0. The predicted octanol–water partition coefficient (Wildman–Crippen LogP) is 3.25. The molecule has 0 aliphatic carbocycles. The minimum Gasteiger partial charge on any atom is -0.355 e. The molecule has 2 aromatic carbocycles. The lowest BCUT2D eigenvalue weighted by atomic mass is 9.97. The molecule has 1 fully saturated rings. The van der Waals surface area contributed by atoms with Gasteiger partial charge in [0.2, 0.25) is 15.9 Å². The lowest BCUT2D eigenvalue weighted by Crippen LogP contribution is -2.43. The first kappa shape index (κ1) is 21.6. The maximum Gasteiger partial charge on any atom is 0.243 e. The van der Waals surface area contributed by atoms with Crippen molar-refractivity contribution in [3.63, 3.8) is 0 Å². The highest BCUT2D eigenvalue weighted by Gasteiger charge is 2.32. The Morgan fingerprint density at radius 2 is 1.76 bits per heavy atom.